The van der Waals surface area contributed by atoms with Gasteiger partial charge < -0.3 is 19.9 Å². The van der Waals surface area contributed by atoms with E-state index in [0.717, 1.165) is 51.1 Å². The van der Waals surface area contributed by atoms with Crippen LogP contribution in [-0.4, -0.2) is 43.9 Å². The first kappa shape index (κ1) is 26.6. The lowest BCUT2D eigenvalue weighted by atomic mass is 9.98. The van der Waals surface area contributed by atoms with Crippen LogP contribution < -0.4 is 15.4 Å². The maximum Gasteiger partial charge on any atom is 0.322 e. The number of nitrogens with two attached hydrogens (primary N) is 1. The quantitative estimate of drug-likeness (QED) is 0.188. The van der Waals surface area contributed by atoms with E-state index in [1.807, 2.05) is 55.9 Å². The summed E-state index contributed by atoms with van der Waals surface area (Å²) in [7, 11) is 4.00. The number of rotatable bonds is 9. The molecular weight excluding hydrogens is 502 g/mol. The normalized spacial score (nSPS) is 11.8. The van der Waals surface area contributed by atoms with Gasteiger partial charge >= 0.3 is 6.01 Å². The lowest BCUT2D eigenvalue weighted by Gasteiger charge is -2.27. The molecule has 40 heavy (non-hydrogen) atoms. The van der Waals surface area contributed by atoms with E-state index in [4.69, 9.17) is 10.5 Å². The Morgan fingerprint density at radius 1 is 1.07 bits per heavy atom. The molecule has 0 aliphatic carbocycles. The number of aryl methyl sites for hydroxylation is 2. The largest absolute Gasteiger partial charge is 0.424 e. The van der Waals surface area contributed by atoms with Crippen LogP contribution >= 0.6 is 0 Å². The van der Waals surface area contributed by atoms with Crippen molar-refractivity contribution in [3.63, 3.8) is 0 Å². The minimum atomic E-state index is 0.123. The molecule has 0 aliphatic heterocycles. The van der Waals surface area contributed by atoms with Gasteiger partial charge in [-0.25, -0.2) is 19.9 Å². The Morgan fingerprint density at radius 3 is 2.45 bits per heavy atom. The van der Waals surface area contributed by atoms with Gasteiger partial charge in [0.05, 0.1) is 11.1 Å². The van der Waals surface area contributed by atoms with Crippen molar-refractivity contribution in [1.29, 1.82) is 0 Å². The highest BCUT2D eigenvalue weighted by atomic mass is 16.5. The molecule has 5 aromatic rings. The lowest BCUT2D eigenvalue weighted by molar-refractivity contribution is -0.105. The number of ether oxygens (including phenoxy) is 1. The van der Waals surface area contributed by atoms with Gasteiger partial charge in [0, 0.05) is 43.3 Å². The van der Waals surface area contributed by atoms with E-state index < -0.39 is 0 Å². The molecule has 0 aliphatic rings. The summed E-state index contributed by atoms with van der Waals surface area (Å²) >= 11 is 0. The van der Waals surface area contributed by atoms with Gasteiger partial charge in [-0.2, -0.15) is 0 Å². The van der Waals surface area contributed by atoms with Gasteiger partial charge in [0.1, 0.15) is 29.8 Å². The first-order valence-electron chi connectivity index (χ1n) is 12.9. The van der Waals surface area contributed by atoms with Gasteiger partial charge in [0.15, 0.2) is 0 Å². The number of carbonyl (C=O) groups is 1. The zero-order valence-electron chi connectivity index (χ0n) is 23.0. The summed E-state index contributed by atoms with van der Waals surface area (Å²) in [6, 6.07) is 18.3. The number of carbonyl (C=O) groups excluding carboxylic acids is 1. The standard InChI is InChI=1S/C31H31N7O2/c1-19(17-39)16-21(3)37(4)24-10-6-23(7-11-24)28-26(27-29(32)34-18-35-30(27)38(28)5)22-8-12-25(13-9-22)40-31-33-15-14-20(2)36-31/h6-15,17-18,21H,1,16H2,2-5H3,(H2,32,34,35)/t21-/m0/s1. The molecule has 0 saturated carbocycles. The predicted molar refractivity (Wildman–Crippen MR) is 158 cm³/mol. The second-order valence-electron chi connectivity index (χ2n) is 9.83. The Bertz CT molecular complexity index is 1690. The summed E-state index contributed by atoms with van der Waals surface area (Å²) in [4.78, 5) is 30.5. The first-order chi connectivity index (χ1) is 19.3. The van der Waals surface area contributed by atoms with Crippen molar-refractivity contribution >= 4 is 28.8 Å². The zero-order valence-corrected chi connectivity index (χ0v) is 23.0. The molecule has 3 aromatic heterocycles. The van der Waals surface area contributed by atoms with Crippen LogP contribution in [0.4, 0.5) is 11.5 Å². The minimum absolute atomic E-state index is 0.123. The second-order valence-corrected chi connectivity index (χ2v) is 9.83. The summed E-state index contributed by atoms with van der Waals surface area (Å²) < 4.78 is 7.91. The number of aldehydes is 1. The SMILES string of the molecule is C=C(C=O)C[C@H](C)N(C)c1ccc(-c2c(-c3ccc(Oc4nccc(C)n4)cc3)c3c(N)ncnc3n2C)cc1. The molecule has 0 fully saturated rings. The van der Waals surface area contributed by atoms with Crippen molar-refractivity contribution < 1.29 is 9.53 Å². The molecule has 5 rings (SSSR count). The van der Waals surface area contributed by atoms with E-state index in [0.29, 0.717) is 29.6 Å². The van der Waals surface area contributed by atoms with Crippen LogP contribution in [0, 0.1) is 6.92 Å². The smallest absolute Gasteiger partial charge is 0.322 e. The number of hydrogen-bond acceptors (Lipinski definition) is 8. The molecule has 202 valence electrons. The summed E-state index contributed by atoms with van der Waals surface area (Å²) in [6.45, 7) is 7.78. The minimum Gasteiger partial charge on any atom is -0.424 e. The summed E-state index contributed by atoms with van der Waals surface area (Å²) in [5.41, 5.74) is 13.4. The number of aromatic nitrogens is 5. The average molecular weight is 534 g/mol. The number of benzene rings is 2. The monoisotopic (exact) mass is 533 g/mol. The molecule has 0 saturated heterocycles. The molecule has 0 spiro atoms. The van der Waals surface area contributed by atoms with E-state index in [1.54, 1.807) is 6.20 Å². The van der Waals surface area contributed by atoms with Gasteiger partial charge in [0.2, 0.25) is 0 Å². The summed E-state index contributed by atoms with van der Waals surface area (Å²) in [5, 5.41) is 0.790. The molecule has 2 N–H and O–H groups in total. The Hall–Kier alpha value is -5.05. The molecule has 0 amide bonds. The Morgan fingerprint density at radius 2 is 1.77 bits per heavy atom. The van der Waals surface area contributed by atoms with Crippen molar-refractivity contribution in [1.82, 2.24) is 24.5 Å². The van der Waals surface area contributed by atoms with Crippen molar-refractivity contribution in [2.24, 2.45) is 7.05 Å². The first-order valence-corrected chi connectivity index (χ1v) is 12.9. The molecule has 0 bridgehead atoms. The fourth-order valence-corrected chi connectivity index (χ4v) is 4.84. The van der Waals surface area contributed by atoms with Crippen molar-refractivity contribution in [2.45, 2.75) is 26.3 Å². The third kappa shape index (κ3) is 5.13. The van der Waals surface area contributed by atoms with Crippen molar-refractivity contribution in [2.75, 3.05) is 17.7 Å². The highest BCUT2D eigenvalue weighted by Crippen LogP contribution is 2.42. The fourth-order valence-electron chi connectivity index (χ4n) is 4.84. The maximum absolute atomic E-state index is 11.0. The zero-order chi connectivity index (χ0) is 28.4. The number of anilines is 2. The van der Waals surface area contributed by atoms with Crippen LogP contribution in [0.2, 0.25) is 0 Å². The molecular formula is C31H31N7O2. The van der Waals surface area contributed by atoms with Crippen LogP contribution in [0.5, 0.6) is 11.8 Å². The van der Waals surface area contributed by atoms with Crippen molar-refractivity contribution in [3.05, 3.63) is 85.0 Å². The Labute approximate surface area is 233 Å². The average Bonchev–Trinajstić information content (AvgIpc) is 3.26. The fraction of sp³-hybridized carbons (Fsp3) is 0.194. The Balaban J connectivity index is 1.54. The summed E-state index contributed by atoms with van der Waals surface area (Å²) in [6.07, 6.45) is 4.57. The van der Waals surface area contributed by atoms with Gasteiger partial charge in [-0.15, -0.1) is 0 Å². The predicted octanol–water partition coefficient (Wildman–Crippen LogP) is 5.75. The van der Waals surface area contributed by atoms with E-state index in [2.05, 4.69) is 62.6 Å². The topological polar surface area (TPSA) is 112 Å². The van der Waals surface area contributed by atoms with Crippen LogP contribution in [0.25, 0.3) is 33.4 Å². The van der Waals surface area contributed by atoms with Gasteiger partial charge in [-0.3, -0.25) is 4.79 Å². The van der Waals surface area contributed by atoms with Gasteiger partial charge in [-0.05, 0) is 67.3 Å². The number of hydrogen-bond donors (Lipinski definition) is 1. The van der Waals surface area contributed by atoms with Crippen LogP contribution in [0.1, 0.15) is 19.0 Å². The van der Waals surface area contributed by atoms with E-state index >= 15 is 0 Å². The van der Waals surface area contributed by atoms with Crippen LogP contribution in [0.15, 0.2) is 79.3 Å². The maximum atomic E-state index is 11.0. The molecule has 0 radical (unpaired) electrons. The number of nitrogen functional groups attached to an aromatic ring is 1. The van der Waals surface area contributed by atoms with E-state index in [-0.39, 0.29) is 6.04 Å². The molecule has 1 atom stereocenters. The molecule has 0 unspecified atom stereocenters. The molecule has 3 heterocycles. The van der Waals surface area contributed by atoms with Crippen LogP contribution in [-0.2, 0) is 11.8 Å². The van der Waals surface area contributed by atoms with E-state index in [9.17, 15) is 4.79 Å². The van der Waals surface area contributed by atoms with Crippen molar-refractivity contribution in [3.8, 4) is 34.1 Å². The van der Waals surface area contributed by atoms with E-state index in [1.165, 1.54) is 6.33 Å². The van der Waals surface area contributed by atoms with Gasteiger partial charge in [0.25, 0.3) is 0 Å². The Kier molecular flexibility index (Phi) is 7.29. The van der Waals surface area contributed by atoms with Crippen LogP contribution in [0.3, 0.4) is 0 Å². The molecule has 9 nitrogen and oxygen atoms in total. The lowest BCUT2D eigenvalue weighted by Crippen LogP contribution is -2.29. The summed E-state index contributed by atoms with van der Waals surface area (Å²) in [5.74, 6) is 1.04. The second kappa shape index (κ2) is 11.0. The molecule has 2 aromatic carbocycles. The molecule has 9 heteroatoms. The third-order valence-electron chi connectivity index (χ3n) is 7.05. The highest BCUT2D eigenvalue weighted by molar-refractivity contribution is 6.07. The third-order valence-corrected chi connectivity index (χ3v) is 7.05. The van der Waals surface area contributed by atoms with Gasteiger partial charge in [-0.1, -0.05) is 30.8 Å². The number of fused-ring (bicyclic) bond motifs is 1. The highest BCUT2D eigenvalue weighted by Gasteiger charge is 2.22. The number of nitrogens with zero attached hydrogens (tertiary/aromatic N) is 6.